The number of rotatable bonds is 4. The third-order valence-electron chi connectivity index (χ3n) is 3.03. The van der Waals surface area contributed by atoms with E-state index < -0.39 is 9.84 Å². The van der Waals surface area contributed by atoms with E-state index in [1.165, 1.54) is 6.26 Å². The van der Waals surface area contributed by atoms with Gasteiger partial charge >= 0.3 is 0 Å². The predicted octanol–water partition coefficient (Wildman–Crippen LogP) is 4.03. The van der Waals surface area contributed by atoms with Gasteiger partial charge in [-0.15, -0.1) is 0 Å². The van der Waals surface area contributed by atoms with Crippen molar-refractivity contribution in [2.45, 2.75) is 17.9 Å². The molecule has 0 heterocycles. The van der Waals surface area contributed by atoms with E-state index in [0.29, 0.717) is 10.6 Å². The molecule has 0 aliphatic rings. The molecule has 0 saturated carbocycles. The molecule has 0 bridgehead atoms. The van der Waals surface area contributed by atoms with Crippen LogP contribution < -0.4 is 5.32 Å². The highest BCUT2D eigenvalue weighted by molar-refractivity contribution is 9.10. The van der Waals surface area contributed by atoms with Crippen LogP contribution >= 0.6 is 15.9 Å². The van der Waals surface area contributed by atoms with Crippen LogP contribution in [-0.4, -0.2) is 14.7 Å². The third kappa shape index (κ3) is 3.41. The Morgan fingerprint density at radius 3 is 2.30 bits per heavy atom. The molecular formula is C15H16BrNO2S. The predicted molar refractivity (Wildman–Crippen MR) is 85.7 cm³/mol. The van der Waals surface area contributed by atoms with Crippen molar-refractivity contribution >= 4 is 31.5 Å². The standard InChI is InChI=1S/C15H16BrNO2S/c1-11(12-7-3-4-8-13(12)16)17-14-9-5-6-10-15(14)20(2,18)19/h3-11,17H,1-2H3. The van der Waals surface area contributed by atoms with Gasteiger partial charge < -0.3 is 5.32 Å². The number of sulfone groups is 1. The fourth-order valence-corrected chi connectivity index (χ4v) is 3.53. The van der Waals surface area contributed by atoms with Gasteiger partial charge in [-0.1, -0.05) is 46.3 Å². The number of hydrogen-bond donors (Lipinski definition) is 1. The number of hydrogen-bond acceptors (Lipinski definition) is 3. The van der Waals surface area contributed by atoms with E-state index in [-0.39, 0.29) is 6.04 Å². The highest BCUT2D eigenvalue weighted by atomic mass is 79.9. The van der Waals surface area contributed by atoms with Crippen molar-refractivity contribution < 1.29 is 8.42 Å². The van der Waals surface area contributed by atoms with Crippen LogP contribution in [0.2, 0.25) is 0 Å². The summed E-state index contributed by atoms with van der Waals surface area (Å²) in [7, 11) is -3.25. The average Bonchev–Trinajstić information content (AvgIpc) is 2.38. The molecule has 106 valence electrons. The molecule has 0 amide bonds. The maximum atomic E-state index is 11.8. The number of para-hydroxylation sites is 1. The molecular weight excluding hydrogens is 338 g/mol. The van der Waals surface area contributed by atoms with Crippen molar-refractivity contribution in [3.05, 3.63) is 58.6 Å². The van der Waals surface area contributed by atoms with Crippen LogP contribution in [0.4, 0.5) is 5.69 Å². The molecule has 0 fully saturated rings. The number of anilines is 1. The van der Waals surface area contributed by atoms with E-state index in [9.17, 15) is 8.42 Å². The van der Waals surface area contributed by atoms with Crippen molar-refractivity contribution in [1.29, 1.82) is 0 Å². The number of nitrogens with one attached hydrogen (secondary N) is 1. The fourth-order valence-electron chi connectivity index (χ4n) is 2.05. The Kier molecular flexibility index (Phi) is 4.50. The zero-order chi connectivity index (χ0) is 14.8. The van der Waals surface area contributed by atoms with Crippen LogP contribution in [0.5, 0.6) is 0 Å². The average molecular weight is 354 g/mol. The van der Waals surface area contributed by atoms with Gasteiger partial charge in [0.1, 0.15) is 0 Å². The largest absolute Gasteiger partial charge is 0.377 e. The lowest BCUT2D eigenvalue weighted by atomic mass is 10.1. The lowest BCUT2D eigenvalue weighted by Crippen LogP contribution is -2.10. The number of benzene rings is 2. The van der Waals surface area contributed by atoms with Gasteiger partial charge in [-0.05, 0) is 30.7 Å². The van der Waals surface area contributed by atoms with Gasteiger partial charge in [0.2, 0.25) is 0 Å². The molecule has 2 aromatic rings. The van der Waals surface area contributed by atoms with Gasteiger partial charge in [-0.25, -0.2) is 8.42 Å². The van der Waals surface area contributed by atoms with Crippen LogP contribution in [0.3, 0.4) is 0 Å². The molecule has 1 atom stereocenters. The molecule has 0 aromatic heterocycles. The summed E-state index contributed by atoms with van der Waals surface area (Å²) in [5, 5.41) is 3.26. The maximum absolute atomic E-state index is 11.8. The quantitative estimate of drug-likeness (QED) is 0.902. The van der Waals surface area contributed by atoms with E-state index >= 15 is 0 Å². The third-order valence-corrected chi connectivity index (χ3v) is 4.91. The van der Waals surface area contributed by atoms with Crippen LogP contribution in [0.25, 0.3) is 0 Å². The lowest BCUT2D eigenvalue weighted by molar-refractivity contribution is 0.602. The van der Waals surface area contributed by atoms with E-state index in [1.54, 1.807) is 18.2 Å². The van der Waals surface area contributed by atoms with Crippen LogP contribution in [0.15, 0.2) is 57.9 Å². The molecule has 0 radical (unpaired) electrons. The SMILES string of the molecule is CC(Nc1ccccc1S(C)(=O)=O)c1ccccc1Br. The Labute approximate surface area is 128 Å². The van der Waals surface area contributed by atoms with E-state index in [2.05, 4.69) is 21.2 Å². The molecule has 5 heteroatoms. The maximum Gasteiger partial charge on any atom is 0.177 e. The molecule has 0 saturated heterocycles. The minimum atomic E-state index is -3.25. The molecule has 3 nitrogen and oxygen atoms in total. The monoisotopic (exact) mass is 353 g/mol. The van der Waals surface area contributed by atoms with Crippen molar-refractivity contribution in [2.75, 3.05) is 11.6 Å². The zero-order valence-electron chi connectivity index (χ0n) is 11.3. The fraction of sp³-hybridized carbons (Fsp3) is 0.200. The second-order valence-electron chi connectivity index (χ2n) is 4.66. The van der Waals surface area contributed by atoms with Gasteiger partial charge in [0, 0.05) is 16.8 Å². The Morgan fingerprint density at radius 2 is 1.65 bits per heavy atom. The topological polar surface area (TPSA) is 46.2 Å². The number of halogens is 1. The minimum Gasteiger partial charge on any atom is -0.377 e. The van der Waals surface area contributed by atoms with Crippen molar-refractivity contribution in [3.8, 4) is 0 Å². The Balaban J connectivity index is 2.34. The molecule has 2 rings (SSSR count). The summed E-state index contributed by atoms with van der Waals surface area (Å²) in [6.45, 7) is 2.00. The van der Waals surface area contributed by atoms with Gasteiger partial charge in [-0.2, -0.15) is 0 Å². The Bertz CT molecular complexity index is 713. The molecule has 0 spiro atoms. The second kappa shape index (κ2) is 5.97. The first-order chi connectivity index (χ1) is 9.39. The minimum absolute atomic E-state index is 0.00604. The summed E-state index contributed by atoms with van der Waals surface area (Å²) < 4.78 is 24.6. The molecule has 20 heavy (non-hydrogen) atoms. The van der Waals surface area contributed by atoms with Crippen LogP contribution in [0, 0.1) is 0 Å². The molecule has 0 aliphatic carbocycles. The summed E-state index contributed by atoms with van der Waals surface area (Å²) in [6, 6.07) is 14.8. The first-order valence-electron chi connectivity index (χ1n) is 6.19. The normalized spacial score (nSPS) is 12.9. The second-order valence-corrected chi connectivity index (χ2v) is 7.49. The van der Waals surface area contributed by atoms with E-state index in [1.807, 2.05) is 37.3 Å². The van der Waals surface area contributed by atoms with Crippen molar-refractivity contribution in [3.63, 3.8) is 0 Å². The lowest BCUT2D eigenvalue weighted by Gasteiger charge is -2.19. The van der Waals surface area contributed by atoms with Gasteiger partial charge in [0.25, 0.3) is 0 Å². The molecule has 1 N–H and O–H groups in total. The molecule has 2 aromatic carbocycles. The first kappa shape index (κ1) is 15.1. The summed E-state index contributed by atoms with van der Waals surface area (Å²) in [5.41, 5.74) is 1.70. The van der Waals surface area contributed by atoms with Gasteiger partial charge in [0.15, 0.2) is 9.84 Å². The smallest absolute Gasteiger partial charge is 0.177 e. The Morgan fingerprint density at radius 1 is 1.05 bits per heavy atom. The van der Waals surface area contributed by atoms with Crippen LogP contribution in [0.1, 0.15) is 18.5 Å². The molecule has 0 aliphatic heterocycles. The zero-order valence-corrected chi connectivity index (χ0v) is 13.7. The van der Waals surface area contributed by atoms with Gasteiger partial charge in [0.05, 0.1) is 10.6 Å². The van der Waals surface area contributed by atoms with E-state index in [0.717, 1.165) is 10.0 Å². The highest BCUT2D eigenvalue weighted by Crippen LogP contribution is 2.29. The highest BCUT2D eigenvalue weighted by Gasteiger charge is 2.15. The molecule has 1 unspecified atom stereocenters. The summed E-state index contributed by atoms with van der Waals surface area (Å²) in [6.07, 6.45) is 1.22. The first-order valence-corrected chi connectivity index (χ1v) is 8.88. The summed E-state index contributed by atoms with van der Waals surface area (Å²) in [5.74, 6) is 0. The summed E-state index contributed by atoms with van der Waals surface area (Å²) in [4.78, 5) is 0.318. The van der Waals surface area contributed by atoms with Crippen molar-refractivity contribution in [2.24, 2.45) is 0 Å². The van der Waals surface area contributed by atoms with Crippen molar-refractivity contribution in [1.82, 2.24) is 0 Å². The summed E-state index contributed by atoms with van der Waals surface area (Å²) >= 11 is 3.51. The van der Waals surface area contributed by atoms with Gasteiger partial charge in [-0.3, -0.25) is 0 Å². The Hall–Kier alpha value is -1.33. The van der Waals surface area contributed by atoms with Crippen LogP contribution in [-0.2, 0) is 9.84 Å². The van der Waals surface area contributed by atoms with E-state index in [4.69, 9.17) is 0 Å².